The summed E-state index contributed by atoms with van der Waals surface area (Å²) in [7, 11) is 0. The molecule has 3 heterocycles. The number of amides is 1. The van der Waals surface area contributed by atoms with E-state index < -0.39 is 5.82 Å². The molecule has 0 radical (unpaired) electrons. The highest BCUT2D eigenvalue weighted by Gasteiger charge is 2.11. The normalized spacial score (nSPS) is 10.7. The molecule has 1 amide bonds. The number of fused-ring (bicyclic) bond motifs is 1. The Balaban J connectivity index is 1.78. The molecule has 0 aromatic carbocycles. The molecule has 0 aliphatic rings. The lowest BCUT2D eigenvalue weighted by molar-refractivity contribution is -0.115. The minimum atomic E-state index is -0.554. The van der Waals surface area contributed by atoms with Gasteiger partial charge in [0.05, 0.1) is 6.42 Å². The first-order valence-electron chi connectivity index (χ1n) is 6.05. The summed E-state index contributed by atoms with van der Waals surface area (Å²) in [5.74, 6) is -0.940. The predicted molar refractivity (Wildman–Crippen MR) is 72.6 cm³/mol. The second-order valence-corrected chi connectivity index (χ2v) is 4.27. The number of carbonyl (C=O) groups is 1. The van der Waals surface area contributed by atoms with E-state index in [-0.39, 0.29) is 18.1 Å². The molecule has 0 unspecified atom stereocenters. The molecular formula is C14H11FN4O. The molecule has 0 spiro atoms. The van der Waals surface area contributed by atoms with Gasteiger partial charge in [-0.2, -0.15) is 0 Å². The summed E-state index contributed by atoms with van der Waals surface area (Å²) in [6, 6.07) is 6.40. The van der Waals surface area contributed by atoms with Crippen molar-refractivity contribution in [2.45, 2.75) is 6.42 Å². The first kappa shape index (κ1) is 12.3. The molecule has 6 heteroatoms. The lowest BCUT2D eigenvalue weighted by atomic mass is 10.1. The number of carbonyl (C=O) groups excluding carboxylic acids is 1. The van der Waals surface area contributed by atoms with Crippen LogP contribution in [0.25, 0.3) is 11.0 Å². The number of nitrogens with one attached hydrogen (secondary N) is 2. The largest absolute Gasteiger partial charge is 0.346 e. The van der Waals surface area contributed by atoms with Crippen LogP contribution in [0.1, 0.15) is 5.56 Å². The Hall–Kier alpha value is -2.76. The second-order valence-electron chi connectivity index (χ2n) is 4.27. The van der Waals surface area contributed by atoms with Crippen LogP contribution in [0.5, 0.6) is 0 Å². The number of halogens is 1. The molecule has 0 aliphatic carbocycles. The van der Waals surface area contributed by atoms with E-state index in [2.05, 4.69) is 20.3 Å². The van der Waals surface area contributed by atoms with Crippen LogP contribution in [0.2, 0.25) is 0 Å². The fourth-order valence-corrected chi connectivity index (χ4v) is 1.99. The summed E-state index contributed by atoms with van der Waals surface area (Å²) in [6.45, 7) is 0. The minimum absolute atomic E-state index is 0.0598. The van der Waals surface area contributed by atoms with E-state index >= 15 is 0 Å². The van der Waals surface area contributed by atoms with E-state index in [1.165, 1.54) is 18.3 Å². The summed E-state index contributed by atoms with van der Waals surface area (Å²) >= 11 is 0. The van der Waals surface area contributed by atoms with Crippen LogP contribution >= 0.6 is 0 Å². The van der Waals surface area contributed by atoms with Gasteiger partial charge in [0.2, 0.25) is 5.91 Å². The van der Waals surface area contributed by atoms with Crippen LogP contribution in [0.3, 0.4) is 0 Å². The van der Waals surface area contributed by atoms with Crippen molar-refractivity contribution in [3.05, 3.63) is 54.2 Å². The first-order valence-corrected chi connectivity index (χ1v) is 6.05. The Morgan fingerprint density at radius 2 is 2.05 bits per heavy atom. The van der Waals surface area contributed by atoms with Gasteiger partial charge in [-0.3, -0.25) is 4.79 Å². The van der Waals surface area contributed by atoms with Gasteiger partial charge >= 0.3 is 0 Å². The van der Waals surface area contributed by atoms with E-state index in [1.807, 2.05) is 6.07 Å². The van der Waals surface area contributed by atoms with Crippen molar-refractivity contribution in [2.75, 3.05) is 5.32 Å². The number of H-pyrrole nitrogens is 1. The van der Waals surface area contributed by atoms with Gasteiger partial charge in [-0.1, -0.05) is 0 Å². The number of hydrogen-bond acceptors (Lipinski definition) is 3. The molecular weight excluding hydrogens is 259 g/mol. The SMILES string of the molecule is O=C(Cc1c[nH]c2ncccc12)Nc1ncccc1F. The topological polar surface area (TPSA) is 70.7 Å². The van der Waals surface area contributed by atoms with E-state index in [1.54, 1.807) is 18.5 Å². The maximum absolute atomic E-state index is 13.4. The molecule has 3 rings (SSSR count). The molecule has 0 bridgehead atoms. The van der Waals surface area contributed by atoms with E-state index in [0.29, 0.717) is 0 Å². The van der Waals surface area contributed by atoms with Gasteiger partial charge in [-0.15, -0.1) is 0 Å². The molecule has 5 nitrogen and oxygen atoms in total. The van der Waals surface area contributed by atoms with Crippen LogP contribution in [0.4, 0.5) is 10.2 Å². The molecule has 2 N–H and O–H groups in total. The van der Waals surface area contributed by atoms with Crippen molar-refractivity contribution in [1.29, 1.82) is 0 Å². The first-order chi connectivity index (χ1) is 9.74. The fraction of sp³-hybridized carbons (Fsp3) is 0.0714. The van der Waals surface area contributed by atoms with Crippen LogP contribution < -0.4 is 5.32 Å². The van der Waals surface area contributed by atoms with Crippen molar-refractivity contribution in [1.82, 2.24) is 15.0 Å². The Bertz CT molecular complexity index is 768. The molecule has 0 aliphatic heterocycles. The van der Waals surface area contributed by atoms with Crippen molar-refractivity contribution in [3.63, 3.8) is 0 Å². The quantitative estimate of drug-likeness (QED) is 0.767. The highest BCUT2D eigenvalue weighted by molar-refractivity contribution is 5.94. The summed E-state index contributed by atoms with van der Waals surface area (Å²) in [4.78, 5) is 22.8. The Morgan fingerprint density at radius 3 is 2.90 bits per heavy atom. The zero-order valence-corrected chi connectivity index (χ0v) is 10.4. The highest BCUT2D eigenvalue weighted by Crippen LogP contribution is 2.17. The third-order valence-corrected chi connectivity index (χ3v) is 2.90. The van der Waals surface area contributed by atoms with Crippen LogP contribution in [0, 0.1) is 5.82 Å². The van der Waals surface area contributed by atoms with Crippen LogP contribution in [-0.2, 0) is 11.2 Å². The number of rotatable bonds is 3. The van der Waals surface area contributed by atoms with Gasteiger partial charge in [-0.05, 0) is 29.8 Å². The third-order valence-electron chi connectivity index (χ3n) is 2.90. The zero-order valence-electron chi connectivity index (χ0n) is 10.4. The van der Waals surface area contributed by atoms with Gasteiger partial charge in [0.15, 0.2) is 11.6 Å². The molecule has 0 saturated carbocycles. The standard InChI is InChI=1S/C14H11FN4O/c15-11-4-2-6-17-14(11)19-12(20)7-9-8-18-13-10(9)3-1-5-16-13/h1-6,8H,7H2,(H,16,18)(H,17,19,20). The number of hydrogen-bond donors (Lipinski definition) is 2. The van der Waals surface area contributed by atoms with Gasteiger partial charge in [0.25, 0.3) is 0 Å². The molecule has 0 fully saturated rings. The number of anilines is 1. The molecule has 3 aromatic heterocycles. The lowest BCUT2D eigenvalue weighted by Crippen LogP contribution is -2.16. The van der Waals surface area contributed by atoms with Gasteiger partial charge in [0.1, 0.15) is 5.65 Å². The van der Waals surface area contributed by atoms with Crippen molar-refractivity contribution in [3.8, 4) is 0 Å². The Labute approximate surface area is 113 Å². The second kappa shape index (κ2) is 5.08. The van der Waals surface area contributed by atoms with Crippen LogP contribution in [-0.4, -0.2) is 20.9 Å². The van der Waals surface area contributed by atoms with Gasteiger partial charge in [0, 0.05) is 24.0 Å². The molecule has 0 atom stereocenters. The monoisotopic (exact) mass is 270 g/mol. The maximum Gasteiger partial charge on any atom is 0.230 e. The maximum atomic E-state index is 13.4. The molecule has 100 valence electrons. The van der Waals surface area contributed by atoms with Crippen molar-refractivity contribution in [2.24, 2.45) is 0 Å². The van der Waals surface area contributed by atoms with E-state index in [4.69, 9.17) is 0 Å². The summed E-state index contributed by atoms with van der Waals surface area (Å²) in [5, 5.41) is 3.33. The molecule has 3 aromatic rings. The lowest BCUT2D eigenvalue weighted by Gasteiger charge is -2.04. The highest BCUT2D eigenvalue weighted by atomic mass is 19.1. The van der Waals surface area contributed by atoms with E-state index in [9.17, 15) is 9.18 Å². The van der Waals surface area contributed by atoms with Crippen molar-refractivity contribution < 1.29 is 9.18 Å². The predicted octanol–water partition coefficient (Wildman–Crippen LogP) is 2.28. The summed E-state index contributed by atoms with van der Waals surface area (Å²) in [6.07, 6.45) is 4.95. The fourth-order valence-electron chi connectivity index (χ4n) is 1.99. The summed E-state index contributed by atoms with van der Waals surface area (Å²) in [5.41, 5.74) is 1.53. The number of aromatic amines is 1. The minimum Gasteiger partial charge on any atom is -0.346 e. The van der Waals surface area contributed by atoms with Crippen LogP contribution in [0.15, 0.2) is 42.9 Å². The average Bonchev–Trinajstić information content (AvgIpc) is 2.85. The zero-order chi connectivity index (χ0) is 13.9. The van der Waals surface area contributed by atoms with E-state index in [0.717, 1.165) is 16.6 Å². The van der Waals surface area contributed by atoms with Crippen molar-refractivity contribution >= 4 is 22.8 Å². The number of aromatic nitrogens is 3. The average molecular weight is 270 g/mol. The summed E-state index contributed by atoms with van der Waals surface area (Å²) < 4.78 is 13.4. The molecule has 0 saturated heterocycles. The Morgan fingerprint density at radius 1 is 1.25 bits per heavy atom. The smallest absolute Gasteiger partial charge is 0.230 e. The van der Waals surface area contributed by atoms with Gasteiger partial charge < -0.3 is 10.3 Å². The Kier molecular flexibility index (Phi) is 3.12. The van der Waals surface area contributed by atoms with Gasteiger partial charge in [-0.25, -0.2) is 14.4 Å². The third kappa shape index (κ3) is 2.35. The number of pyridine rings is 2. The number of nitrogens with zero attached hydrogens (tertiary/aromatic N) is 2. The molecule has 20 heavy (non-hydrogen) atoms.